The van der Waals surface area contributed by atoms with E-state index >= 15 is 0 Å². The Morgan fingerprint density at radius 2 is 1.75 bits per heavy atom. The number of amides is 1. The molecule has 1 aliphatic rings. The second kappa shape index (κ2) is 6.32. The van der Waals surface area contributed by atoms with Crippen molar-refractivity contribution in [2.24, 2.45) is 11.8 Å². The van der Waals surface area contributed by atoms with E-state index in [2.05, 4.69) is 5.32 Å². The van der Waals surface area contributed by atoms with Gasteiger partial charge in [0, 0.05) is 24.3 Å². The normalized spacial score (nSPS) is 21.4. The van der Waals surface area contributed by atoms with Gasteiger partial charge in [0.05, 0.1) is 0 Å². The van der Waals surface area contributed by atoms with E-state index in [9.17, 15) is 19.1 Å². The second-order valence-electron chi connectivity index (χ2n) is 4.82. The first-order valence-corrected chi connectivity index (χ1v) is 6.46. The van der Waals surface area contributed by atoms with Crippen LogP contribution in [0.5, 0.6) is 0 Å². The van der Waals surface area contributed by atoms with Gasteiger partial charge in [-0.15, -0.1) is 0 Å². The lowest BCUT2D eigenvalue weighted by atomic mass is 9.82. The molecule has 2 atom stereocenters. The van der Waals surface area contributed by atoms with E-state index in [0.717, 1.165) is 5.56 Å². The molecule has 0 bridgehead atoms. The van der Waals surface area contributed by atoms with Gasteiger partial charge in [-0.1, -0.05) is 24.3 Å². The van der Waals surface area contributed by atoms with Crippen LogP contribution in [0.2, 0.25) is 0 Å². The summed E-state index contributed by atoms with van der Waals surface area (Å²) in [7, 11) is 0. The number of hydrogen-bond acceptors (Lipinski definition) is 3. The van der Waals surface area contributed by atoms with Gasteiger partial charge in [0.15, 0.2) is 0 Å². The summed E-state index contributed by atoms with van der Waals surface area (Å²) >= 11 is 0. The Kier molecular flexibility index (Phi) is 4.50. The van der Waals surface area contributed by atoms with Crippen LogP contribution in [0.3, 0.4) is 0 Å². The molecule has 5 heteroatoms. The summed E-state index contributed by atoms with van der Waals surface area (Å²) in [5.41, 5.74) is 0.760. The number of carbonyl (C=O) groups is 2. The van der Waals surface area contributed by atoms with Crippen molar-refractivity contribution < 1.29 is 19.1 Å². The molecule has 0 fully saturated rings. The van der Waals surface area contributed by atoms with Crippen LogP contribution in [-0.4, -0.2) is 11.9 Å². The molecule has 0 aromatic heterocycles. The molecular weight excluding hydrogens is 261 g/mol. The molecule has 20 heavy (non-hydrogen) atoms. The first-order valence-electron chi connectivity index (χ1n) is 6.46. The minimum Gasteiger partial charge on any atom is -0.550 e. The fourth-order valence-corrected chi connectivity index (χ4v) is 2.29. The number of benzene rings is 1. The highest BCUT2D eigenvalue weighted by Gasteiger charge is 2.29. The van der Waals surface area contributed by atoms with Crippen LogP contribution in [0.4, 0.5) is 4.39 Å². The Morgan fingerprint density at radius 1 is 1.15 bits per heavy atom. The lowest BCUT2D eigenvalue weighted by Gasteiger charge is -2.28. The van der Waals surface area contributed by atoms with Crippen LogP contribution in [0.15, 0.2) is 36.4 Å². The summed E-state index contributed by atoms with van der Waals surface area (Å²) < 4.78 is 12.7. The zero-order chi connectivity index (χ0) is 14.5. The van der Waals surface area contributed by atoms with Crippen molar-refractivity contribution >= 4 is 11.9 Å². The van der Waals surface area contributed by atoms with Gasteiger partial charge in [-0.05, 0) is 30.5 Å². The highest BCUT2D eigenvalue weighted by Crippen LogP contribution is 2.25. The lowest BCUT2D eigenvalue weighted by Crippen LogP contribution is -2.43. The van der Waals surface area contributed by atoms with Gasteiger partial charge >= 0.3 is 0 Å². The van der Waals surface area contributed by atoms with Crippen LogP contribution in [-0.2, 0) is 16.1 Å². The van der Waals surface area contributed by atoms with E-state index in [1.807, 2.05) is 6.08 Å². The molecular formula is C15H15FNO3-. The van der Waals surface area contributed by atoms with E-state index in [0.29, 0.717) is 12.8 Å². The first-order chi connectivity index (χ1) is 9.58. The van der Waals surface area contributed by atoms with Gasteiger partial charge in [-0.2, -0.15) is 0 Å². The minimum atomic E-state index is -1.20. The predicted molar refractivity (Wildman–Crippen MR) is 68.6 cm³/mol. The van der Waals surface area contributed by atoms with Crippen molar-refractivity contribution in [1.29, 1.82) is 0 Å². The Hall–Kier alpha value is -2.17. The molecule has 0 saturated heterocycles. The first kappa shape index (κ1) is 14.2. The highest BCUT2D eigenvalue weighted by molar-refractivity contribution is 5.84. The molecule has 4 nitrogen and oxygen atoms in total. The minimum absolute atomic E-state index is 0.249. The van der Waals surface area contributed by atoms with Crippen LogP contribution in [0.1, 0.15) is 18.4 Å². The standard InChI is InChI=1S/C15H16FNO3/c16-11-7-5-10(6-8-11)9-17-14(18)12-3-1-2-4-13(12)15(19)20/h1-2,5-8,12-13H,3-4,9H2,(H,17,18)(H,19,20)/p-1/t12-,13-/m0/s1. The summed E-state index contributed by atoms with van der Waals surface area (Å²) in [6.07, 6.45) is 4.27. The molecule has 0 saturated carbocycles. The smallest absolute Gasteiger partial charge is 0.224 e. The van der Waals surface area contributed by atoms with E-state index in [1.54, 1.807) is 18.2 Å². The number of carboxylic acids is 1. The third-order valence-corrected chi connectivity index (χ3v) is 3.45. The molecule has 0 spiro atoms. The van der Waals surface area contributed by atoms with E-state index < -0.39 is 17.8 Å². The number of halogens is 1. The number of carbonyl (C=O) groups excluding carboxylic acids is 2. The summed E-state index contributed by atoms with van der Waals surface area (Å²) in [6, 6.07) is 5.78. The van der Waals surface area contributed by atoms with Crippen LogP contribution >= 0.6 is 0 Å². The average Bonchev–Trinajstić information content (AvgIpc) is 2.46. The van der Waals surface area contributed by atoms with Gasteiger partial charge in [-0.3, -0.25) is 4.79 Å². The van der Waals surface area contributed by atoms with Gasteiger partial charge in [0.2, 0.25) is 5.91 Å². The molecule has 1 amide bonds. The fraction of sp³-hybridized carbons (Fsp3) is 0.333. The van der Waals surface area contributed by atoms with Gasteiger partial charge in [0.25, 0.3) is 0 Å². The van der Waals surface area contributed by atoms with Gasteiger partial charge < -0.3 is 15.2 Å². The van der Waals surface area contributed by atoms with Crippen LogP contribution in [0, 0.1) is 17.7 Å². The lowest BCUT2D eigenvalue weighted by molar-refractivity contribution is -0.313. The molecule has 1 aromatic rings. The Bertz CT molecular complexity index is 524. The maximum atomic E-state index is 12.7. The van der Waals surface area contributed by atoms with Crippen molar-refractivity contribution in [2.45, 2.75) is 19.4 Å². The largest absolute Gasteiger partial charge is 0.550 e. The fourth-order valence-electron chi connectivity index (χ4n) is 2.29. The molecule has 0 heterocycles. The molecule has 0 unspecified atom stereocenters. The molecule has 1 N–H and O–H groups in total. The summed E-state index contributed by atoms with van der Waals surface area (Å²) in [6.45, 7) is 0.249. The second-order valence-corrected chi connectivity index (χ2v) is 4.82. The summed E-state index contributed by atoms with van der Waals surface area (Å²) in [5, 5.41) is 13.7. The zero-order valence-corrected chi connectivity index (χ0v) is 10.8. The third kappa shape index (κ3) is 3.44. The maximum Gasteiger partial charge on any atom is 0.224 e. The van der Waals surface area contributed by atoms with Crippen molar-refractivity contribution in [3.05, 3.63) is 47.8 Å². The van der Waals surface area contributed by atoms with Crippen LogP contribution in [0.25, 0.3) is 0 Å². The molecule has 106 valence electrons. The third-order valence-electron chi connectivity index (χ3n) is 3.45. The van der Waals surface area contributed by atoms with E-state index in [1.165, 1.54) is 12.1 Å². The number of aliphatic carboxylic acids is 1. The molecule has 1 aromatic carbocycles. The number of rotatable bonds is 4. The Labute approximate surface area is 116 Å². The van der Waals surface area contributed by atoms with Crippen LogP contribution < -0.4 is 10.4 Å². The molecule has 2 rings (SSSR count). The molecule has 1 aliphatic carbocycles. The quantitative estimate of drug-likeness (QED) is 0.826. The molecule has 0 aliphatic heterocycles. The van der Waals surface area contributed by atoms with Crippen molar-refractivity contribution in [3.63, 3.8) is 0 Å². The number of hydrogen-bond donors (Lipinski definition) is 1. The number of allylic oxidation sites excluding steroid dienone is 2. The SMILES string of the molecule is O=C([O-])[C@H]1CC=CC[C@@H]1C(=O)NCc1ccc(F)cc1. The highest BCUT2D eigenvalue weighted by atomic mass is 19.1. The van der Waals surface area contributed by atoms with Crippen molar-refractivity contribution in [3.8, 4) is 0 Å². The van der Waals surface area contributed by atoms with Crippen molar-refractivity contribution in [2.75, 3.05) is 0 Å². The number of carboxylic acid groups (broad SMARTS) is 1. The Morgan fingerprint density at radius 3 is 2.35 bits per heavy atom. The van der Waals surface area contributed by atoms with Gasteiger partial charge in [0.1, 0.15) is 5.82 Å². The predicted octanol–water partition coefficient (Wildman–Crippen LogP) is 0.774. The maximum absolute atomic E-state index is 12.7. The van der Waals surface area contributed by atoms with E-state index in [4.69, 9.17) is 0 Å². The summed E-state index contributed by atoms with van der Waals surface area (Å²) in [5.74, 6) is -3.24. The topological polar surface area (TPSA) is 69.2 Å². The Balaban J connectivity index is 1.95. The summed E-state index contributed by atoms with van der Waals surface area (Å²) in [4.78, 5) is 23.1. The van der Waals surface area contributed by atoms with Gasteiger partial charge in [-0.25, -0.2) is 4.39 Å². The van der Waals surface area contributed by atoms with E-state index in [-0.39, 0.29) is 18.3 Å². The van der Waals surface area contributed by atoms with Crippen molar-refractivity contribution in [1.82, 2.24) is 5.32 Å². The average molecular weight is 276 g/mol. The number of nitrogens with one attached hydrogen (secondary N) is 1. The zero-order valence-electron chi connectivity index (χ0n) is 10.8. The monoisotopic (exact) mass is 276 g/mol. The molecule has 0 radical (unpaired) electrons.